The third-order valence-electron chi connectivity index (χ3n) is 4.03. The van der Waals surface area contributed by atoms with E-state index in [-0.39, 0.29) is 28.8 Å². The van der Waals surface area contributed by atoms with Gasteiger partial charge in [0.15, 0.2) is 0 Å². The van der Waals surface area contributed by atoms with E-state index in [1.807, 2.05) is 13.8 Å². The second-order valence-corrected chi connectivity index (χ2v) is 8.91. The molecule has 0 fully saturated rings. The first-order valence-electron chi connectivity index (χ1n) is 9.06. The molecule has 0 aliphatic carbocycles. The lowest BCUT2D eigenvalue weighted by molar-refractivity contribution is -0.147. The quantitative estimate of drug-likeness (QED) is 0.489. The summed E-state index contributed by atoms with van der Waals surface area (Å²) in [7, 11) is -3.93. The lowest BCUT2D eigenvalue weighted by atomic mass is 10.1. The average Bonchev–Trinajstić information content (AvgIpc) is 2.64. The number of rotatable bonds is 7. The second kappa shape index (κ2) is 9.14. The van der Waals surface area contributed by atoms with Crippen LogP contribution in [0, 0.1) is 19.8 Å². The molecule has 0 atom stereocenters. The largest absolute Gasteiger partial charge is 0.507 e. The van der Waals surface area contributed by atoms with Crippen molar-refractivity contribution in [1.82, 2.24) is 4.72 Å². The van der Waals surface area contributed by atoms with Crippen molar-refractivity contribution in [2.24, 2.45) is 5.92 Å². The van der Waals surface area contributed by atoms with Gasteiger partial charge < -0.3 is 20.3 Å². The molecule has 0 heterocycles. The van der Waals surface area contributed by atoms with Gasteiger partial charge in [0.05, 0.1) is 0 Å². The number of anilines is 1. The number of carbonyl (C=O) groups excluding carboxylic acids is 1. The number of phenolic OH excluding ortho intramolecular Hbond substituents is 1. The van der Waals surface area contributed by atoms with Crippen LogP contribution < -0.4 is 14.8 Å². The van der Waals surface area contributed by atoms with Crippen LogP contribution >= 0.6 is 0 Å². The molecule has 162 valence electrons. The van der Waals surface area contributed by atoms with Crippen molar-refractivity contribution >= 4 is 27.6 Å². The first-order valence-corrected chi connectivity index (χ1v) is 10.5. The number of hydrogen-bond acceptors (Lipinski definition) is 6. The SMILES string of the molecule is Cc1cc(NC(=O)C(=O)O)cc(C)c1Oc1ccc(O)c(S(=O)(=O)NCC(C)C)c1. The maximum Gasteiger partial charge on any atom is 0.394 e. The van der Waals surface area contributed by atoms with E-state index in [0.29, 0.717) is 16.9 Å². The van der Waals surface area contributed by atoms with Crippen LogP contribution in [0.5, 0.6) is 17.2 Å². The monoisotopic (exact) mass is 436 g/mol. The summed E-state index contributed by atoms with van der Waals surface area (Å²) in [5.41, 5.74) is 1.47. The van der Waals surface area contributed by atoms with E-state index in [1.54, 1.807) is 13.8 Å². The maximum absolute atomic E-state index is 12.5. The molecule has 0 saturated heterocycles. The molecule has 0 aromatic heterocycles. The number of phenols is 1. The second-order valence-electron chi connectivity index (χ2n) is 7.18. The Morgan fingerprint density at radius 2 is 1.70 bits per heavy atom. The molecule has 0 radical (unpaired) electrons. The lowest BCUT2D eigenvalue weighted by Gasteiger charge is -2.15. The third kappa shape index (κ3) is 5.71. The Bertz CT molecular complexity index is 1060. The van der Waals surface area contributed by atoms with Gasteiger partial charge in [0.25, 0.3) is 0 Å². The zero-order valence-electron chi connectivity index (χ0n) is 17.0. The van der Waals surface area contributed by atoms with Gasteiger partial charge in [-0.3, -0.25) is 4.79 Å². The highest BCUT2D eigenvalue weighted by atomic mass is 32.2. The van der Waals surface area contributed by atoms with Crippen LogP contribution in [0.3, 0.4) is 0 Å². The summed E-state index contributed by atoms with van der Waals surface area (Å²) >= 11 is 0. The summed E-state index contributed by atoms with van der Waals surface area (Å²) < 4.78 is 33.2. The Balaban J connectivity index is 2.33. The normalized spacial score (nSPS) is 11.4. The maximum atomic E-state index is 12.5. The molecule has 30 heavy (non-hydrogen) atoms. The molecule has 2 rings (SSSR count). The predicted molar refractivity (Wildman–Crippen MR) is 110 cm³/mol. The molecule has 2 aromatic carbocycles. The van der Waals surface area contributed by atoms with Crippen LogP contribution in [0.2, 0.25) is 0 Å². The number of aryl methyl sites for hydroxylation is 2. The minimum Gasteiger partial charge on any atom is -0.507 e. The van der Waals surface area contributed by atoms with Crippen molar-refractivity contribution < 1.29 is 33.0 Å². The van der Waals surface area contributed by atoms with Crippen LogP contribution in [0.15, 0.2) is 35.2 Å². The molecular weight excluding hydrogens is 412 g/mol. The molecule has 0 unspecified atom stereocenters. The highest BCUT2D eigenvalue weighted by Crippen LogP contribution is 2.34. The Morgan fingerprint density at radius 3 is 2.23 bits per heavy atom. The van der Waals surface area contributed by atoms with Gasteiger partial charge in [-0.25, -0.2) is 17.9 Å². The smallest absolute Gasteiger partial charge is 0.394 e. The first-order chi connectivity index (χ1) is 13.9. The van der Waals surface area contributed by atoms with Gasteiger partial charge in [-0.1, -0.05) is 13.8 Å². The lowest BCUT2D eigenvalue weighted by Crippen LogP contribution is -2.27. The van der Waals surface area contributed by atoms with Gasteiger partial charge in [0.2, 0.25) is 10.0 Å². The third-order valence-corrected chi connectivity index (χ3v) is 5.49. The number of amides is 1. The Labute approximate surface area is 174 Å². The number of ether oxygens (including phenoxy) is 1. The Hall–Kier alpha value is -3.11. The fourth-order valence-electron chi connectivity index (χ4n) is 2.61. The van der Waals surface area contributed by atoms with Crippen molar-refractivity contribution in [3.05, 3.63) is 41.5 Å². The minimum atomic E-state index is -3.93. The van der Waals surface area contributed by atoms with Gasteiger partial charge in [-0.05, 0) is 55.2 Å². The highest BCUT2D eigenvalue weighted by Gasteiger charge is 2.21. The van der Waals surface area contributed by atoms with E-state index < -0.39 is 27.6 Å². The molecule has 0 aliphatic heterocycles. The van der Waals surface area contributed by atoms with Crippen molar-refractivity contribution in [2.45, 2.75) is 32.6 Å². The van der Waals surface area contributed by atoms with E-state index in [2.05, 4.69) is 10.0 Å². The van der Waals surface area contributed by atoms with E-state index >= 15 is 0 Å². The fraction of sp³-hybridized carbons (Fsp3) is 0.300. The summed E-state index contributed by atoms with van der Waals surface area (Å²) in [6.07, 6.45) is 0. The molecule has 9 nitrogen and oxygen atoms in total. The van der Waals surface area contributed by atoms with Gasteiger partial charge in [0, 0.05) is 18.3 Å². The zero-order valence-corrected chi connectivity index (χ0v) is 17.8. The van der Waals surface area contributed by atoms with Crippen LogP contribution in [0.25, 0.3) is 0 Å². The predicted octanol–water partition coefficient (Wildman–Crippen LogP) is 2.76. The van der Waals surface area contributed by atoms with Crippen molar-refractivity contribution in [3.8, 4) is 17.2 Å². The standard InChI is InChI=1S/C20H24N2O7S/c1-11(2)10-21-30(27,28)17-9-15(5-6-16(17)23)29-18-12(3)7-14(8-13(18)4)22-19(24)20(25)26/h5-9,11,21,23H,10H2,1-4H3,(H,22,24)(H,25,26). The average molecular weight is 436 g/mol. The van der Waals surface area contributed by atoms with Crippen LogP contribution in [0.4, 0.5) is 5.69 Å². The molecule has 0 saturated carbocycles. The number of carbonyl (C=O) groups is 2. The van der Waals surface area contributed by atoms with Crippen LogP contribution in [-0.4, -0.2) is 37.1 Å². The van der Waals surface area contributed by atoms with Gasteiger partial charge in [-0.2, -0.15) is 0 Å². The van der Waals surface area contributed by atoms with E-state index in [1.165, 1.54) is 30.3 Å². The molecule has 1 amide bonds. The molecular formula is C20H24N2O7S. The van der Waals surface area contributed by atoms with E-state index in [0.717, 1.165) is 0 Å². The van der Waals surface area contributed by atoms with Crippen molar-refractivity contribution in [1.29, 1.82) is 0 Å². The summed E-state index contributed by atoms with van der Waals surface area (Å²) in [6, 6.07) is 6.94. The van der Waals surface area contributed by atoms with E-state index in [9.17, 15) is 23.1 Å². The number of carboxylic acid groups (broad SMARTS) is 1. The van der Waals surface area contributed by atoms with Crippen LogP contribution in [0.1, 0.15) is 25.0 Å². The molecule has 0 spiro atoms. The summed E-state index contributed by atoms with van der Waals surface area (Å²) in [4.78, 5) is 21.7. The first kappa shape index (κ1) is 23.2. The molecule has 4 N–H and O–H groups in total. The number of benzene rings is 2. The number of sulfonamides is 1. The zero-order chi connectivity index (χ0) is 22.6. The molecule has 0 bridgehead atoms. The van der Waals surface area contributed by atoms with Crippen LogP contribution in [-0.2, 0) is 19.6 Å². The van der Waals surface area contributed by atoms with Gasteiger partial charge in [0.1, 0.15) is 22.1 Å². The molecule has 2 aromatic rings. The topological polar surface area (TPSA) is 142 Å². The fourth-order valence-corrected chi connectivity index (χ4v) is 3.94. The van der Waals surface area contributed by atoms with E-state index in [4.69, 9.17) is 9.84 Å². The van der Waals surface area contributed by atoms with Crippen molar-refractivity contribution in [2.75, 3.05) is 11.9 Å². The summed E-state index contributed by atoms with van der Waals surface area (Å²) in [6.45, 7) is 7.32. The molecule has 0 aliphatic rings. The number of hydrogen-bond donors (Lipinski definition) is 4. The number of aliphatic carboxylic acids is 1. The Morgan fingerprint density at radius 1 is 1.10 bits per heavy atom. The summed E-state index contributed by atoms with van der Waals surface area (Å²) in [5.74, 6) is -2.48. The molecule has 10 heteroatoms. The number of aromatic hydroxyl groups is 1. The van der Waals surface area contributed by atoms with Gasteiger partial charge in [-0.15, -0.1) is 0 Å². The summed E-state index contributed by atoms with van der Waals surface area (Å²) in [5, 5.41) is 21.0. The van der Waals surface area contributed by atoms with Gasteiger partial charge >= 0.3 is 11.9 Å². The van der Waals surface area contributed by atoms with Crippen molar-refractivity contribution in [3.63, 3.8) is 0 Å². The number of nitrogens with one attached hydrogen (secondary N) is 2. The number of carboxylic acids is 1. The Kier molecular flexibility index (Phi) is 7.06. The highest BCUT2D eigenvalue weighted by molar-refractivity contribution is 7.89. The minimum absolute atomic E-state index is 0.0896.